The molecule has 2 rings (SSSR count). The van der Waals surface area contributed by atoms with E-state index < -0.39 is 0 Å². The van der Waals surface area contributed by atoms with Crippen LogP contribution in [0, 0.1) is 0 Å². The lowest BCUT2D eigenvalue weighted by molar-refractivity contribution is 1.12. The minimum atomic E-state index is 0.260. The molecule has 2 aromatic heterocycles. The van der Waals surface area contributed by atoms with Crippen LogP contribution in [0.1, 0.15) is 12.5 Å². The standard InChI is InChI=1S/C9H9ClN4/c1-2-5-3-7(10)13-6-4-12-9(11)14-8(5)6/h3-4H,2H2,1H3,(H2,11,12,14). The Morgan fingerprint density at radius 2 is 2.21 bits per heavy atom. The van der Waals surface area contributed by atoms with E-state index in [1.807, 2.05) is 6.92 Å². The lowest BCUT2D eigenvalue weighted by Crippen LogP contribution is -1.98. The van der Waals surface area contributed by atoms with Crippen LogP contribution in [0.5, 0.6) is 0 Å². The first-order chi connectivity index (χ1) is 6.70. The number of hydrogen-bond acceptors (Lipinski definition) is 4. The summed E-state index contributed by atoms with van der Waals surface area (Å²) in [4.78, 5) is 12.1. The first-order valence-corrected chi connectivity index (χ1v) is 4.66. The molecule has 4 nitrogen and oxygen atoms in total. The van der Waals surface area contributed by atoms with Crippen LogP contribution < -0.4 is 5.73 Å². The fourth-order valence-corrected chi connectivity index (χ4v) is 1.56. The number of hydrogen-bond donors (Lipinski definition) is 1. The molecule has 2 N–H and O–H groups in total. The summed E-state index contributed by atoms with van der Waals surface area (Å²) in [5.41, 5.74) is 8.00. The summed E-state index contributed by atoms with van der Waals surface area (Å²) in [5.74, 6) is 0.260. The summed E-state index contributed by atoms with van der Waals surface area (Å²) >= 11 is 5.84. The van der Waals surface area contributed by atoms with Crippen molar-refractivity contribution in [2.24, 2.45) is 0 Å². The first-order valence-electron chi connectivity index (χ1n) is 4.28. The second-order valence-corrected chi connectivity index (χ2v) is 3.31. The van der Waals surface area contributed by atoms with Crippen molar-refractivity contribution in [1.29, 1.82) is 0 Å². The van der Waals surface area contributed by atoms with Gasteiger partial charge in [0.15, 0.2) is 0 Å². The number of nitrogens with two attached hydrogens (primary N) is 1. The Kier molecular flexibility index (Phi) is 2.21. The Labute approximate surface area is 86.1 Å². The molecule has 0 aliphatic heterocycles. The third kappa shape index (κ3) is 1.48. The van der Waals surface area contributed by atoms with Gasteiger partial charge < -0.3 is 5.73 Å². The number of rotatable bonds is 1. The monoisotopic (exact) mass is 208 g/mol. The average Bonchev–Trinajstić information content (AvgIpc) is 2.17. The summed E-state index contributed by atoms with van der Waals surface area (Å²) in [6.45, 7) is 2.03. The molecular weight excluding hydrogens is 200 g/mol. The molecule has 0 aromatic carbocycles. The molecule has 0 atom stereocenters. The largest absolute Gasteiger partial charge is 0.368 e. The van der Waals surface area contributed by atoms with Gasteiger partial charge in [0.25, 0.3) is 0 Å². The summed E-state index contributed by atoms with van der Waals surface area (Å²) in [6.07, 6.45) is 2.43. The summed E-state index contributed by atoms with van der Waals surface area (Å²) < 4.78 is 0. The zero-order valence-electron chi connectivity index (χ0n) is 7.66. The second kappa shape index (κ2) is 3.38. The number of anilines is 1. The van der Waals surface area contributed by atoms with Gasteiger partial charge in [-0.15, -0.1) is 0 Å². The fraction of sp³-hybridized carbons (Fsp3) is 0.222. The van der Waals surface area contributed by atoms with Crippen molar-refractivity contribution in [3.8, 4) is 0 Å². The average molecular weight is 209 g/mol. The van der Waals surface area contributed by atoms with Crippen LogP contribution in [-0.2, 0) is 6.42 Å². The zero-order chi connectivity index (χ0) is 10.1. The molecule has 2 heterocycles. The topological polar surface area (TPSA) is 64.7 Å². The number of pyridine rings is 1. The molecule has 0 saturated carbocycles. The highest BCUT2D eigenvalue weighted by Crippen LogP contribution is 2.19. The summed E-state index contributed by atoms with van der Waals surface area (Å²) in [7, 11) is 0. The van der Waals surface area contributed by atoms with Crippen LogP contribution in [0.15, 0.2) is 12.3 Å². The Bertz CT molecular complexity index is 483. The van der Waals surface area contributed by atoms with Gasteiger partial charge in [0.05, 0.1) is 11.7 Å². The molecule has 0 fully saturated rings. The van der Waals surface area contributed by atoms with Crippen LogP contribution >= 0.6 is 11.6 Å². The van der Waals surface area contributed by atoms with Gasteiger partial charge >= 0.3 is 0 Å². The van der Waals surface area contributed by atoms with E-state index in [0.29, 0.717) is 10.7 Å². The van der Waals surface area contributed by atoms with Gasteiger partial charge in [0.1, 0.15) is 10.7 Å². The van der Waals surface area contributed by atoms with Crippen molar-refractivity contribution in [3.63, 3.8) is 0 Å². The molecule has 0 aliphatic rings. The third-order valence-electron chi connectivity index (χ3n) is 1.99. The van der Waals surface area contributed by atoms with Crippen LogP contribution in [0.2, 0.25) is 5.15 Å². The van der Waals surface area contributed by atoms with E-state index in [0.717, 1.165) is 17.5 Å². The fourth-order valence-electron chi connectivity index (χ4n) is 1.34. The molecule has 0 saturated heterocycles. The predicted octanol–water partition coefficient (Wildman–Crippen LogP) is 1.82. The van der Waals surface area contributed by atoms with Gasteiger partial charge in [0, 0.05) is 0 Å². The second-order valence-electron chi connectivity index (χ2n) is 2.92. The number of nitrogen functional groups attached to an aromatic ring is 1. The summed E-state index contributed by atoms with van der Waals surface area (Å²) in [5, 5.41) is 0.461. The molecule has 5 heteroatoms. The molecule has 14 heavy (non-hydrogen) atoms. The van der Waals surface area contributed by atoms with Crippen LogP contribution in [-0.4, -0.2) is 15.0 Å². The Morgan fingerprint density at radius 1 is 1.43 bits per heavy atom. The molecule has 0 spiro atoms. The van der Waals surface area contributed by atoms with Gasteiger partial charge in [-0.3, -0.25) is 0 Å². The molecule has 0 bridgehead atoms. The SMILES string of the molecule is CCc1cc(Cl)nc2cnc(N)nc12. The van der Waals surface area contributed by atoms with E-state index in [1.165, 1.54) is 0 Å². The molecule has 0 amide bonds. The molecule has 0 radical (unpaired) electrons. The highest BCUT2D eigenvalue weighted by molar-refractivity contribution is 6.29. The van der Waals surface area contributed by atoms with Crippen molar-refractivity contribution in [3.05, 3.63) is 23.0 Å². The molecular formula is C9H9ClN4. The van der Waals surface area contributed by atoms with E-state index in [1.54, 1.807) is 12.3 Å². The van der Waals surface area contributed by atoms with Crippen molar-refractivity contribution < 1.29 is 0 Å². The highest BCUT2D eigenvalue weighted by atomic mass is 35.5. The molecule has 72 valence electrons. The van der Waals surface area contributed by atoms with E-state index in [-0.39, 0.29) is 5.95 Å². The van der Waals surface area contributed by atoms with Gasteiger partial charge in [-0.1, -0.05) is 18.5 Å². The van der Waals surface area contributed by atoms with Crippen molar-refractivity contribution in [2.75, 3.05) is 5.73 Å². The van der Waals surface area contributed by atoms with E-state index in [9.17, 15) is 0 Å². The Morgan fingerprint density at radius 3 is 2.93 bits per heavy atom. The lowest BCUT2D eigenvalue weighted by Gasteiger charge is -2.03. The van der Waals surface area contributed by atoms with E-state index >= 15 is 0 Å². The maximum absolute atomic E-state index is 5.84. The Balaban J connectivity index is 2.81. The van der Waals surface area contributed by atoms with Crippen LogP contribution in [0.4, 0.5) is 5.95 Å². The number of halogens is 1. The minimum absolute atomic E-state index is 0.260. The maximum atomic E-state index is 5.84. The predicted molar refractivity (Wildman–Crippen MR) is 56.1 cm³/mol. The summed E-state index contributed by atoms with van der Waals surface area (Å²) in [6, 6.07) is 1.80. The zero-order valence-corrected chi connectivity index (χ0v) is 8.41. The lowest BCUT2D eigenvalue weighted by atomic mass is 10.2. The molecule has 0 unspecified atom stereocenters. The smallest absolute Gasteiger partial charge is 0.220 e. The van der Waals surface area contributed by atoms with Crippen molar-refractivity contribution in [1.82, 2.24) is 15.0 Å². The number of fused-ring (bicyclic) bond motifs is 1. The maximum Gasteiger partial charge on any atom is 0.220 e. The quantitative estimate of drug-likeness (QED) is 0.727. The highest BCUT2D eigenvalue weighted by Gasteiger charge is 2.05. The van der Waals surface area contributed by atoms with Crippen molar-refractivity contribution in [2.45, 2.75) is 13.3 Å². The van der Waals surface area contributed by atoms with Gasteiger partial charge in [-0.25, -0.2) is 15.0 Å². The first kappa shape index (κ1) is 9.15. The van der Waals surface area contributed by atoms with Gasteiger partial charge in [-0.2, -0.15) is 0 Å². The van der Waals surface area contributed by atoms with E-state index in [2.05, 4.69) is 15.0 Å². The van der Waals surface area contributed by atoms with Gasteiger partial charge in [0.2, 0.25) is 5.95 Å². The van der Waals surface area contributed by atoms with Gasteiger partial charge in [-0.05, 0) is 18.1 Å². The number of nitrogens with zero attached hydrogens (tertiary/aromatic N) is 3. The van der Waals surface area contributed by atoms with E-state index in [4.69, 9.17) is 17.3 Å². The van der Waals surface area contributed by atoms with Crippen molar-refractivity contribution >= 4 is 28.6 Å². The third-order valence-corrected chi connectivity index (χ3v) is 2.19. The number of aryl methyl sites for hydroxylation is 1. The normalized spacial score (nSPS) is 10.7. The Hall–Kier alpha value is -1.42. The van der Waals surface area contributed by atoms with Crippen LogP contribution in [0.3, 0.4) is 0 Å². The minimum Gasteiger partial charge on any atom is -0.368 e. The molecule has 0 aliphatic carbocycles. The number of aromatic nitrogens is 3. The van der Waals surface area contributed by atoms with Crippen LogP contribution in [0.25, 0.3) is 11.0 Å². The molecule has 2 aromatic rings.